The van der Waals surface area contributed by atoms with Crippen LogP contribution < -0.4 is 4.18 Å². The molecule has 17 heteroatoms. The van der Waals surface area contributed by atoms with Gasteiger partial charge in [0, 0.05) is 5.56 Å². The van der Waals surface area contributed by atoms with Gasteiger partial charge in [-0.3, -0.25) is 0 Å². The third kappa shape index (κ3) is 4.10. The van der Waals surface area contributed by atoms with E-state index in [2.05, 4.69) is 4.18 Å². The molecule has 0 aliphatic rings. The van der Waals surface area contributed by atoms with Crippen molar-refractivity contribution < 1.29 is 69.7 Å². The van der Waals surface area contributed by atoms with Crippen LogP contribution >= 0.6 is 0 Å². The third-order valence-electron chi connectivity index (χ3n) is 4.45. The molecule has 0 unspecified atom stereocenters. The summed E-state index contributed by atoms with van der Waals surface area (Å²) in [7, 11) is -6.78. The van der Waals surface area contributed by atoms with E-state index >= 15 is 0 Å². The predicted molar refractivity (Wildman–Crippen MR) is 92.5 cm³/mol. The van der Waals surface area contributed by atoms with Crippen molar-refractivity contribution in [3.63, 3.8) is 0 Å². The molecular formula is C19H3F13O3S. The van der Waals surface area contributed by atoms with Gasteiger partial charge in [-0.2, -0.15) is 21.6 Å². The summed E-state index contributed by atoms with van der Waals surface area (Å²) in [5.74, 6) is -29.7. The van der Waals surface area contributed by atoms with Crippen molar-refractivity contribution in [1.82, 2.24) is 0 Å². The van der Waals surface area contributed by atoms with Gasteiger partial charge in [-0.25, -0.2) is 43.9 Å². The molecule has 3 rings (SSSR count). The van der Waals surface area contributed by atoms with Gasteiger partial charge in [-0.15, -0.1) is 0 Å². The van der Waals surface area contributed by atoms with Crippen molar-refractivity contribution >= 4 is 10.1 Å². The van der Waals surface area contributed by atoms with Gasteiger partial charge in [0.15, 0.2) is 52.3 Å². The van der Waals surface area contributed by atoms with Crippen LogP contribution in [0.3, 0.4) is 0 Å². The van der Waals surface area contributed by atoms with E-state index in [1.165, 1.54) is 0 Å². The summed E-state index contributed by atoms with van der Waals surface area (Å²) in [4.78, 5) is 0. The van der Waals surface area contributed by atoms with Gasteiger partial charge >= 0.3 is 15.6 Å². The number of benzene rings is 3. The zero-order chi connectivity index (χ0) is 27.5. The van der Waals surface area contributed by atoms with E-state index in [4.69, 9.17) is 0 Å². The summed E-state index contributed by atoms with van der Waals surface area (Å²) in [5, 5.41) is 0. The monoisotopic (exact) mass is 558 g/mol. The number of hydrogen-bond donors (Lipinski definition) is 0. The molecule has 36 heavy (non-hydrogen) atoms. The van der Waals surface area contributed by atoms with Gasteiger partial charge in [0.1, 0.15) is 0 Å². The highest BCUT2D eigenvalue weighted by atomic mass is 32.2. The van der Waals surface area contributed by atoms with E-state index in [1.54, 1.807) is 0 Å². The lowest BCUT2D eigenvalue weighted by atomic mass is 9.91. The molecule has 0 aliphatic carbocycles. The van der Waals surface area contributed by atoms with Crippen LogP contribution in [-0.2, 0) is 10.1 Å². The second kappa shape index (κ2) is 8.86. The Balaban J connectivity index is 2.59. The third-order valence-corrected chi connectivity index (χ3v) is 5.41. The summed E-state index contributed by atoms with van der Waals surface area (Å²) in [6.45, 7) is 0. The minimum Gasteiger partial charge on any atom is -0.375 e. The number of alkyl halides is 3. The summed E-state index contributed by atoms with van der Waals surface area (Å²) in [5.41, 5.74) is -14.4. The minimum absolute atomic E-state index is 0.117. The summed E-state index contributed by atoms with van der Waals surface area (Å²) < 4.78 is 205. The van der Waals surface area contributed by atoms with Crippen molar-refractivity contribution in [3.8, 4) is 28.0 Å². The Kier molecular flexibility index (Phi) is 6.67. The smallest absolute Gasteiger partial charge is 0.375 e. The Hall–Kier alpha value is -3.50. The van der Waals surface area contributed by atoms with Crippen LogP contribution in [0.5, 0.6) is 5.75 Å². The molecule has 0 amide bonds. The Bertz CT molecular complexity index is 1460. The molecule has 0 aromatic heterocycles. The molecule has 0 spiro atoms. The zero-order valence-corrected chi connectivity index (χ0v) is 17.1. The molecule has 0 bridgehead atoms. The van der Waals surface area contributed by atoms with E-state index in [9.17, 15) is 65.5 Å². The molecular weight excluding hydrogens is 555 g/mol. The average molecular weight is 558 g/mol. The quantitative estimate of drug-likeness (QED) is 0.119. The second-order valence-electron chi connectivity index (χ2n) is 6.55. The van der Waals surface area contributed by atoms with E-state index in [-0.39, 0.29) is 12.1 Å². The average Bonchev–Trinajstić information content (AvgIpc) is 2.79. The lowest BCUT2D eigenvalue weighted by Gasteiger charge is -2.19. The van der Waals surface area contributed by atoms with Gasteiger partial charge in [-0.05, 0) is 11.6 Å². The largest absolute Gasteiger partial charge is 0.534 e. The summed E-state index contributed by atoms with van der Waals surface area (Å²) >= 11 is 0. The van der Waals surface area contributed by atoms with Crippen LogP contribution in [0.1, 0.15) is 0 Å². The Morgan fingerprint density at radius 2 is 0.889 bits per heavy atom. The van der Waals surface area contributed by atoms with Crippen LogP contribution in [0.4, 0.5) is 57.1 Å². The van der Waals surface area contributed by atoms with Gasteiger partial charge in [-0.1, -0.05) is 12.1 Å². The van der Waals surface area contributed by atoms with E-state index in [1.807, 2.05) is 0 Å². The first-order chi connectivity index (χ1) is 16.4. The molecule has 0 N–H and O–H groups in total. The predicted octanol–water partition coefficient (Wildman–Crippen LogP) is 6.64. The van der Waals surface area contributed by atoms with Crippen molar-refractivity contribution in [2.45, 2.75) is 5.51 Å². The molecule has 194 valence electrons. The van der Waals surface area contributed by atoms with Gasteiger partial charge in [0.25, 0.3) is 0 Å². The SMILES string of the molecule is O=S(=O)(Oc1cccc(-c2c(F)c(F)c(F)c(F)c2F)c1-c1c(F)c(F)c(F)c(F)c1F)C(F)(F)F. The first kappa shape index (κ1) is 27.1. The van der Waals surface area contributed by atoms with Crippen LogP contribution in [0, 0.1) is 58.2 Å². The minimum atomic E-state index is -6.78. The summed E-state index contributed by atoms with van der Waals surface area (Å²) in [6.07, 6.45) is 0. The Labute approximate surface area is 190 Å². The second-order valence-corrected chi connectivity index (χ2v) is 8.09. The maximum absolute atomic E-state index is 14.5. The first-order valence-electron chi connectivity index (χ1n) is 8.61. The lowest BCUT2D eigenvalue weighted by molar-refractivity contribution is -0.0499. The van der Waals surface area contributed by atoms with Crippen LogP contribution in [0.2, 0.25) is 0 Å². The highest BCUT2D eigenvalue weighted by Gasteiger charge is 2.49. The topological polar surface area (TPSA) is 43.4 Å². The van der Waals surface area contributed by atoms with Crippen molar-refractivity contribution in [1.29, 1.82) is 0 Å². The van der Waals surface area contributed by atoms with Crippen LogP contribution in [0.15, 0.2) is 18.2 Å². The molecule has 3 aromatic rings. The van der Waals surface area contributed by atoms with Gasteiger partial charge in [0.2, 0.25) is 11.6 Å². The lowest BCUT2D eigenvalue weighted by Crippen LogP contribution is -2.28. The number of hydrogen-bond acceptors (Lipinski definition) is 3. The van der Waals surface area contributed by atoms with Crippen LogP contribution in [-0.4, -0.2) is 13.9 Å². The fraction of sp³-hybridized carbons (Fsp3) is 0.0526. The highest BCUT2D eigenvalue weighted by molar-refractivity contribution is 7.88. The molecule has 0 fully saturated rings. The van der Waals surface area contributed by atoms with Crippen molar-refractivity contribution in [2.75, 3.05) is 0 Å². The van der Waals surface area contributed by atoms with Gasteiger partial charge in [0.05, 0.1) is 11.1 Å². The van der Waals surface area contributed by atoms with Crippen molar-refractivity contribution in [2.24, 2.45) is 0 Å². The maximum Gasteiger partial charge on any atom is 0.534 e. The van der Waals surface area contributed by atoms with Crippen LogP contribution in [0.25, 0.3) is 22.3 Å². The Morgan fingerprint density at radius 3 is 1.28 bits per heavy atom. The fourth-order valence-electron chi connectivity index (χ4n) is 2.90. The number of rotatable bonds is 4. The first-order valence-corrected chi connectivity index (χ1v) is 10.0. The molecule has 3 nitrogen and oxygen atoms in total. The van der Waals surface area contributed by atoms with Crippen molar-refractivity contribution in [3.05, 3.63) is 76.4 Å². The Morgan fingerprint density at radius 1 is 0.528 bits per heavy atom. The van der Waals surface area contributed by atoms with E-state index < -0.39 is 102 Å². The molecule has 0 saturated heterocycles. The molecule has 3 aromatic carbocycles. The standard InChI is InChI=1S/C19H3F13O3S/c20-9-7(10(21)14(25)17(28)13(9)24)4-2-1-3-5(35-36(33,34)19(30,31)32)6(4)8-11(22)15(26)18(29)16(27)12(8)23/h1-3H. The maximum atomic E-state index is 14.5. The highest BCUT2D eigenvalue weighted by Crippen LogP contribution is 2.46. The number of halogens is 13. The summed E-state index contributed by atoms with van der Waals surface area (Å²) in [6, 6.07) is 0.703. The zero-order valence-electron chi connectivity index (χ0n) is 16.3. The molecule has 0 atom stereocenters. The molecule has 0 saturated carbocycles. The fourth-order valence-corrected chi connectivity index (χ4v) is 3.37. The van der Waals surface area contributed by atoms with Gasteiger partial charge < -0.3 is 4.18 Å². The van der Waals surface area contributed by atoms with E-state index in [0.29, 0.717) is 6.07 Å². The van der Waals surface area contributed by atoms with E-state index in [0.717, 1.165) is 0 Å². The molecule has 0 aliphatic heterocycles. The molecule has 0 radical (unpaired) electrons. The normalized spacial score (nSPS) is 12.2. The molecule has 0 heterocycles.